The minimum atomic E-state index is -0.00566. The Balaban J connectivity index is 1.55. The molecule has 1 N–H and O–H groups in total. The average molecular weight is 340 g/mol. The lowest BCUT2D eigenvalue weighted by Gasteiger charge is -2.02. The molecule has 0 bridgehead atoms. The van der Waals surface area contributed by atoms with Crippen LogP contribution >= 0.6 is 11.8 Å². The van der Waals surface area contributed by atoms with Crippen molar-refractivity contribution in [1.82, 2.24) is 10.3 Å². The molecule has 0 aliphatic rings. The number of aryl methyl sites for hydroxylation is 1. The summed E-state index contributed by atoms with van der Waals surface area (Å²) in [4.78, 5) is 15.8. The monoisotopic (exact) mass is 340 g/mol. The van der Waals surface area contributed by atoms with Crippen molar-refractivity contribution in [2.24, 2.45) is 0 Å². The number of benzene rings is 1. The number of hydrogen-bond donors (Lipinski definition) is 1. The molecule has 0 unspecified atom stereocenters. The first-order valence-electron chi connectivity index (χ1n) is 7.63. The van der Waals surface area contributed by atoms with Crippen molar-refractivity contribution >= 4 is 17.7 Å². The summed E-state index contributed by atoms with van der Waals surface area (Å²) in [6, 6.07) is 13.8. The molecule has 2 aromatic rings. The van der Waals surface area contributed by atoms with Crippen LogP contribution in [0.3, 0.4) is 0 Å². The highest BCUT2D eigenvalue weighted by Gasteiger charge is 2.00. The fourth-order valence-corrected chi connectivity index (χ4v) is 2.62. The predicted octanol–water partition coefficient (Wildman–Crippen LogP) is 2.82. The second-order valence-electron chi connectivity index (χ2n) is 5.03. The van der Waals surface area contributed by atoms with Crippen LogP contribution in [-0.4, -0.2) is 29.8 Å². The Morgan fingerprint density at radius 1 is 1.21 bits per heavy atom. The zero-order chi connectivity index (χ0) is 17.0. The smallest absolute Gasteiger partial charge is 0.230 e. The third-order valence-corrected chi connectivity index (χ3v) is 4.04. The molecule has 1 aromatic heterocycles. The normalized spacial score (nSPS) is 9.71. The summed E-state index contributed by atoms with van der Waals surface area (Å²) >= 11 is 1.59. The van der Waals surface area contributed by atoms with Gasteiger partial charge in [-0.1, -0.05) is 42.2 Å². The average Bonchev–Trinajstić information content (AvgIpc) is 2.60. The van der Waals surface area contributed by atoms with Gasteiger partial charge in [-0.15, -0.1) is 11.8 Å². The van der Waals surface area contributed by atoms with Crippen LogP contribution in [0.25, 0.3) is 0 Å². The van der Waals surface area contributed by atoms with Crippen molar-refractivity contribution < 1.29 is 9.53 Å². The maximum absolute atomic E-state index is 11.7. The third kappa shape index (κ3) is 7.21. The molecule has 124 valence electrons. The summed E-state index contributed by atoms with van der Waals surface area (Å²) in [5.41, 5.74) is 2.17. The fourth-order valence-electron chi connectivity index (χ4n) is 1.80. The van der Waals surface area contributed by atoms with Gasteiger partial charge in [0.25, 0.3) is 0 Å². The highest BCUT2D eigenvalue weighted by Crippen LogP contribution is 2.11. The molecular weight excluding hydrogens is 320 g/mol. The van der Waals surface area contributed by atoms with Gasteiger partial charge < -0.3 is 10.1 Å². The van der Waals surface area contributed by atoms with Crippen LogP contribution in [0.2, 0.25) is 0 Å². The molecule has 4 nitrogen and oxygen atoms in total. The number of nitrogens with zero attached hydrogens (tertiary/aromatic N) is 1. The fraction of sp³-hybridized carbons (Fsp3) is 0.263. The Morgan fingerprint density at radius 3 is 2.79 bits per heavy atom. The first-order valence-corrected chi connectivity index (χ1v) is 8.79. The molecule has 0 spiro atoms. The van der Waals surface area contributed by atoms with Gasteiger partial charge in [-0.2, -0.15) is 0 Å². The van der Waals surface area contributed by atoms with Crippen LogP contribution in [0.1, 0.15) is 11.3 Å². The molecule has 0 radical (unpaired) electrons. The van der Waals surface area contributed by atoms with Gasteiger partial charge >= 0.3 is 0 Å². The summed E-state index contributed by atoms with van der Waals surface area (Å²) < 4.78 is 5.43. The van der Waals surface area contributed by atoms with E-state index < -0.39 is 0 Å². The van der Waals surface area contributed by atoms with Crippen molar-refractivity contribution in [2.75, 3.05) is 18.9 Å². The second kappa shape index (κ2) is 10.3. The van der Waals surface area contributed by atoms with Gasteiger partial charge in [0.05, 0.1) is 18.5 Å². The lowest BCUT2D eigenvalue weighted by Crippen LogP contribution is -2.25. The Labute approximate surface area is 147 Å². The maximum atomic E-state index is 11.7. The van der Waals surface area contributed by atoms with Crippen LogP contribution in [0.15, 0.2) is 48.7 Å². The maximum Gasteiger partial charge on any atom is 0.230 e. The quantitative estimate of drug-likeness (QED) is 0.788. The van der Waals surface area contributed by atoms with E-state index >= 15 is 0 Å². The van der Waals surface area contributed by atoms with E-state index in [4.69, 9.17) is 4.74 Å². The molecule has 0 aliphatic heterocycles. The predicted molar refractivity (Wildman–Crippen MR) is 97.9 cm³/mol. The van der Waals surface area contributed by atoms with Crippen molar-refractivity contribution in [3.63, 3.8) is 0 Å². The van der Waals surface area contributed by atoms with Crippen molar-refractivity contribution in [1.29, 1.82) is 0 Å². The summed E-state index contributed by atoms with van der Waals surface area (Å²) in [5, 5.41) is 2.77. The number of rotatable bonds is 7. The molecular formula is C19H20N2O2S. The summed E-state index contributed by atoms with van der Waals surface area (Å²) in [6.07, 6.45) is 1.67. The number of nitrogens with one attached hydrogen (secondary N) is 1. The Kier molecular flexibility index (Phi) is 7.72. The van der Waals surface area contributed by atoms with E-state index in [9.17, 15) is 4.79 Å². The standard InChI is InChI=1S/C19H20N2O2S/c1-16-9-10-18(13-21-16)23-12-6-5-11-20-19(22)15-24-14-17-7-3-2-4-8-17/h2-4,7-10,13H,11-12,14-15H2,1H3,(H,20,22). The molecule has 1 amide bonds. The van der Waals surface area contributed by atoms with Crippen LogP contribution in [0, 0.1) is 18.8 Å². The van der Waals surface area contributed by atoms with Gasteiger partial charge in [0.15, 0.2) is 0 Å². The van der Waals surface area contributed by atoms with E-state index in [0.29, 0.717) is 18.0 Å². The van der Waals surface area contributed by atoms with Crippen molar-refractivity contribution in [3.8, 4) is 17.6 Å². The van der Waals surface area contributed by atoms with Gasteiger partial charge in [-0.3, -0.25) is 9.78 Å². The lowest BCUT2D eigenvalue weighted by atomic mass is 10.2. The molecule has 5 heteroatoms. The number of aromatic nitrogens is 1. The van der Waals surface area contributed by atoms with E-state index in [1.165, 1.54) is 5.56 Å². The zero-order valence-corrected chi connectivity index (χ0v) is 14.4. The SMILES string of the molecule is Cc1ccc(OCC#CCNC(=O)CSCc2ccccc2)cn1. The Hall–Kier alpha value is -2.45. The number of amides is 1. The molecule has 1 aromatic carbocycles. The molecule has 0 atom stereocenters. The largest absolute Gasteiger partial charge is 0.479 e. The summed E-state index contributed by atoms with van der Waals surface area (Å²) in [6.45, 7) is 2.54. The van der Waals surface area contributed by atoms with Gasteiger partial charge in [0.1, 0.15) is 12.4 Å². The van der Waals surface area contributed by atoms with E-state index in [0.717, 1.165) is 11.4 Å². The van der Waals surface area contributed by atoms with E-state index in [1.807, 2.05) is 37.3 Å². The first kappa shape index (κ1) is 17.9. The van der Waals surface area contributed by atoms with Gasteiger partial charge in [-0.25, -0.2) is 0 Å². The van der Waals surface area contributed by atoms with Crippen LogP contribution < -0.4 is 10.1 Å². The molecule has 0 fully saturated rings. The number of carbonyl (C=O) groups excluding carboxylic acids is 1. The number of thioether (sulfide) groups is 1. The lowest BCUT2D eigenvalue weighted by molar-refractivity contribution is -0.118. The van der Waals surface area contributed by atoms with Gasteiger partial charge in [-0.05, 0) is 24.6 Å². The van der Waals surface area contributed by atoms with Crippen molar-refractivity contribution in [3.05, 3.63) is 59.9 Å². The second-order valence-corrected chi connectivity index (χ2v) is 6.02. The Morgan fingerprint density at radius 2 is 2.04 bits per heavy atom. The van der Waals surface area contributed by atoms with E-state index in [2.05, 4.69) is 34.3 Å². The molecule has 0 aliphatic carbocycles. The minimum absolute atomic E-state index is 0.00566. The molecule has 0 saturated heterocycles. The first-order chi connectivity index (χ1) is 11.7. The summed E-state index contributed by atoms with van der Waals surface area (Å²) in [7, 11) is 0. The molecule has 1 heterocycles. The molecule has 24 heavy (non-hydrogen) atoms. The van der Waals surface area contributed by atoms with E-state index in [1.54, 1.807) is 18.0 Å². The summed E-state index contributed by atoms with van der Waals surface area (Å²) in [5.74, 6) is 7.68. The topological polar surface area (TPSA) is 51.2 Å². The highest BCUT2D eigenvalue weighted by atomic mass is 32.2. The number of pyridine rings is 1. The highest BCUT2D eigenvalue weighted by molar-refractivity contribution is 7.99. The zero-order valence-electron chi connectivity index (χ0n) is 13.6. The number of carbonyl (C=O) groups is 1. The Bertz CT molecular complexity index is 691. The number of hydrogen-bond acceptors (Lipinski definition) is 4. The van der Waals surface area contributed by atoms with Gasteiger partial charge in [0, 0.05) is 11.4 Å². The van der Waals surface area contributed by atoms with Gasteiger partial charge in [0.2, 0.25) is 5.91 Å². The van der Waals surface area contributed by atoms with Crippen LogP contribution in [0.5, 0.6) is 5.75 Å². The number of ether oxygens (including phenoxy) is 1. The molecule has 2 rings (SSSR count). The van der Waals surface area contributed by atoms with Crippen LogP contribution in [-0.2, 0) is 10.5 Å². The molecule has 0 saturated carbocycles. The third-order valence-electron chi connectivity index (χ3n) is 3.04. The van der Waals surface area contributed by atoms with E-state index in [-0.39, 0.29) is 12.5 Å². The van der Waals surface area contributed by atoms with Crippen LogP contribution in [0.4, 0.5) is 0 Å². The minimum Gasteiger partial charge on any atom is -0.479 e. The van der Waals surface area contributed by atoms with Crippen molar-refractivity contribution in [2.45, 2.75) is 12.7 Å².